The first kappa shape index (κ1) is 14.4. The van der Waals surface area contributed by atoms with Crippen molar-refractivity contribution in [3.05, 3.63) is 0 Å². The maximum atomic E-state index is 12.3. The van der Waals surface area contributed by atoms with Gasteiger partial charge in [-0.2, -0.15) is 0 Å². The largest absolute Gasteiger partial charge is 0.356 e. The first-order valence-corrected chi connectivity index (χ1v) is 8.12. The normalized spacial score (nSPS) is 34.1. The van der Waals surface area contributed by atoms with E-state index in [0.717, 1.165) is 6.54 Å². The summed E-state index contributed by atoms with van der Waals surface area (Å²) in [5.41, 5.74) is 0.300. The number of hydrogen-bond acceptors (Lipinski definition) is 1. The van der Waals surface area contributed by atoms with Gasteiger partial charge in [-0.05, 0) is 29.6 Å². The van der Waals surface area contributed by atoms with Crippen LogP contribution in [0.2, 0.25) is 0 Å². The van der Waals surface area contributed by atoms with Crippen LogP contribution in [0.25, 0.3) is 0 Å². The van der Waals surface area contributed by atoms with Gasteiger partial charge in [0.1, 0.15) is 0 Å². The Morgan fingerprint density at radius 3 is 2.22 bits per heavy atom. The second-order valence-corrected chi connectivity index (χ2v) is 8.36. The van der Waals surface area contributed by atoms with E-state index in [2.05, 4.69) is 48.9 Å². The van der Waals surface area contributed by atoms with Crippen LogP contribution in [0, 0.1) is 22.7 Å². The van der Waals surface area contributed by atoms with Gasteiger partial charge in [-0.3, -0.25) is 4.79 Å². The van der Waals surface area contributed by atoms with Gasteiger partial charge >= 0.3 is 0 Å². The fourth-order valence-electron chi connectivity index (χ4n) is 3.58. The molecular formula is C15H26BrNO. The Bertz CT molecular complexity index is 323. The molecule has 104 valence electrons. The highest BCUT2D eigenvalue weighted by molar-refractivity contribution is 9.09. The maximum Gasteiger partial charge on any atom is 0.224 e. The van der Waals surface area contributed by atoms with Crippen LogP contribution in [0.1, 0.15) is 53.4 Å². The third-order valence-electron chi connectivity index (χ3n) is 5.64. The van der Waals surface area contributed by atoms with E-state index in [-0.39, 0.29) is 22.7 Å². The van der Waals surface area contributed by atoms with Crippen LogP contribution in [-0.4, -0.2) is 17.3 Å². The first-order valence-electron chi connectivity index (χ1n) is 7.20. The molecule has 2 aliphatic carbocycles. The van der Waals surface area contributed by atoms with E-state index in [0.29, 0.717) is 10.7 Å². The van der Waals surface area contributed by atoms with Crippen LogP contribution in [0.3, 0.4) is 0 Å². The van der Waals surface area contributed by atoms with Gasteiger partial charge in [0.25, 0.3) is 0 Å². The molecule has 2 saturated carbocycles. The lowest BCUT2D eigenvalue weighted by Gasteiger charge is -2.27. The first-order chi connectivity index (χ1) is 8.28. The highest BCUT2D eigenvalue weighted by Gasteiger charge is 2.68. The quantitative estimate of drug-likeness (QED) is 0.790. The molecule has 0 aromatic carbocycles. The standard InChI is InChI=1S/C15H26BrNO/c1-14(2)12(15(14,3)4)13(18)17-9-10-7-5-6-8-11(10)16/h10-12H,5-9H2,1-4H3,(H,17,18). The van der Waals surface area contributed by atoms with Crippen molar-refractivity contribution in [1.29, 1.82) is 0 Å². The molecule has 0 bridgehead atoms. The lowest BCUT2D eigenvalue weighted by atomic mass is 9.89. The number of carbonyl (C=O) groups is 1. The second-order valence-electron chi connectivity index (χ2n) is 7.18. The molecule has 2 fully saturated rings. The molecule has 2 unspecified atom stereocenters. The minimum Gasteiger partial charge on any atom is -0.356 e. The van der Waals surface area contributed by atoms with Crippen LogP contribution in [0.4, 0.5) is 0 Å². The molecule has 0 saturated heterocycles. The van der Waals surface area contributed by atoms with Gasteiger partial charge in [-0.25, -0.2) is 0 Å². The van der Waals surface area contributed by atoms with Crippen LogP contribution in [0.5, 0.6) is 0 Å². The Balaban J connectivity index is 1.83. The van der Waals surface area contributed by atoms with Gasteiger partial charge in [0.05, 0.1) is 0 Å². The number of carbonyl (C=O) groups excluding carboxylic acids is 1. The van der Waals surface area contributed by atoms with Gasteiger partial charge in [-0.15, -0.1) is 0 Å². The Morgan fingerprint density at radius 2 is 1.72 bits per heavy atom. The molecule has 2 rings (SSSR count). The van der Waals surface area contributed by atoms with Crippen LogP contribution >= 0.6 is 15.9 Å². The van der Waals surface area contributed by atoms with Crippen molar-refractivity contribution < 1.29 is 4.79 Å². The molecular weight excluding hydrogens is 290 g/mol. The molecule has 0 spiro atoms. The fraction of sp³-hybridized carbons (Fsp3) is 0.933. The van der Waals surface area contributed by atoms with E-state index < -0.39 is 0 Å². The zero-order valence-electron chi connectivity index (χ0n) is 12.1. The monoisotopic (exact) mass is 315 g/mol. The topological polar surface area (TPSA) is 29.1 Å². The van der Waals surface area contributed by atoms with Crippen molar-refractivity contribution >= 4 is 21.8 Å². The van der Waals surface area contributed by atoms with E-state index >= 15 is 0 Å². The van der Waals surface area contributed by atoms with Gasteiger partial charge in [-0.1, -0.05) is 56.5 Å². The third kappa shape index (κ3) is 2.35. The lowest BCUT2D eigenvalue weighted by molar-refractivity contribution is -0.123. The molecule has 1 N–H and O–H groups in total. The number of amides is 1. The number of hydrogen-bond donors (Lipinski definition) is 1. The molecule has 0 aliphatic heterocycles. The fourth-order valence-corrected chi connectivity index (χ4v) is 4.35. The van der Waals surface area contributed by atoms with Crippen molar-refractivity contribution in [3.8, 4) is 0 Å². The molecule has 2 aliphatic rings. The van der Waals surface area contributed by atoms with Crippen LogP contribution in [0.15, 0.2) is 0 Å². The van der Waals surface area contributed by atoms with E-state index in [1.165, 1.54) is 25.7 Å². The van der Waals surface area contributed by atoms with E-state index in [4.69, 9.17) is 0 Å². The number of nitrogens with one attached hydrogen (secondary N) is 1. The summed E-state index contributed by atoms with van der Waals surface area (Å²) in [5.74, 6) is 1.06. The predicted molar refractivity (Wildman–Crippen MR) is 78.7 cm³/mol. The summed E-state index contributed by atoms with van der Waals surface area (Å²) in [6.07, 6.45) is 5.13. The third-order valence-corrected chi connectivity index (χ3v) is 6.84. The van der Waals surface area contributed by atoms with Crippen molar-refractivity contribution in [3.63, 3.8) is 0 Å². The van der Waals surface area contributed by atoms with Crippen molar-refractivity contribution in [2.45, 2.75) is 58.2 Å². The average molecular weight is 316 g/mol. The van der Waals surface area contributed by atoms with Gasteiger partial charge in [0.2, 0.25) is 5.91 Å². The minimum absolute atomic E-state index is 0.150. The number of rotatable bonds is 3. The molecule has 0 heterocycles. The SMILES string of the molecule is CC1(C)C(C(=O)NCC2CCCCC2Br)C1(C)C. The highest BCUT2D eigenvalue weighted by Crippen LogP contribution is 2.68. The molecule has 0 aromatic heterocycles. The Hall–Kier alpha value is -0.0500. The Labute approximate surface area is 119 Å². The van der Waals surface area contributed by atoms with Gasteiger partial charge < -0.3 is 5.32 Å². The van der Waals surface area contributed by atoms with Gasteiger partial charge in [0.15, 0.2) is 0 Å². The number of alkyl halides is 1. The average Bonchev–Trinajstić information content (AvgIpc) is 2.68. The van der Waals surface area contributed by atoms with Gasteiger partial charge in [0, 0.05) is 17.3 Å². The summed E-state index contributed by atoms with van der Waals surface area (Å²) in [6, 6.07) is 0. The predicted octanol–water partition coefficient (Wildman–Crippen LogP) is 3.74. The molecule has 2 atom stereocenters. The van der Waals surface area contributed by atoms with E-state index in [1.807, 2.05) is 0 Å². The minimum atomic E-state index is 0.150. The molecule has 0 aromatic rings. The summed E-state index contributed by atoms with van der Waals surface area (Å²) >= 11 is 3.75. The summed E-state index contributed by atoms with van der Waals surface area (Å²) in [4.78, 5) is 12.8. The summed E-state index contributed by atoms with van der Waals surface area (Å²) in [7, 11) is 0. The van der Waals surface area contributed by atoms with Crippen LogP contribution < -0.4 is 5.32 Å². The van der Waals surface area contributed by atoms with Crippen molar-refractivity contribution in [2.75, 3.05) is 6.54 Å². The zero-order valence-corrected chi connectivity index (χ0v) is 13.6. The second kappa shape index (κ2) is 4.81. The smallest absolute Gasteiger partial charge is 0.224 e. The van der Waals surface area contributed by atoms with Crippen molar-refractivity contribution in [1.82, 2.24) is 5.32 Å². The van der Waals surface area contributed by atoms with E-state index in [9.17, 15) is 4.79 Å². The van der Waals surface area contributed by atoms with E-state index in [1.54, 1.807) is 0 Å². The molecule has 1 amide bonds. The van der Waals surface area contributed by atoms with Crippen LogP contribution in [-0.2, 0) is 4.79 Å². The summed E-state index contributed by atoms with van der Waals surface area (Å²) in [6.45, 7) is 9.64. The zero-order chi connectivity index (χ0) is 13.6. The summed E-state index contributed by atoms with van der Waals surface area (Å²) < 4.78 is 0. The Morgan fingerprint density at radius 1 is 1.17 bits per heavy atom. The highest BCUT2D eigenvalue weighted by atomic mass is 79.9. The molecule has 0 radical (unpaired) electrons. The lowest BCUT2D eigenvalue weighted by Crippen LogP contribution is -2.36. The van der Waals surface area contributed by atoms with Crippen molar-refractivity contribution in [2.24, 2.45) is 22.7 Å². The molecule has 2 nitrogen and oxygen atoms in total. The Kier molecular flexibility index (Phi) is 3.84. The molecule has 18 heavy (non-hydrogen) atoms. The summed E-state index contributed by atoms with van der Waals surface area (Å²) in [5, 5.41) is 3.19. The maximum absolute atomic E-state index is 12.3. The number of halogens is 1. The molecule has 3 heteroatoms.